The summed E-state index contributed by atoms with van der Waals surface area (Å²) in [4.78, 5) is 33.4. The molecule has 3 rings (SSSR count). The van der Waals surface area contributed by atoms with Gasteiger partial charge in [-0.2, -0.15) is 0 Å². The second-order valence-electron chi connectivity index (χ2n) is 5.83. The van der Waals surface area contributed by atoms with Gasteiger partial charge in [-0.25, -0.2) is 9.78 Å². The lowest BCUT2D eigenvalue weighted by Crippen LogP contribution is -2.17. The van der Waals surface area contributed by atoms with Crippen LogP contribution in [-0.2, 0) is 4.74 Å². The summed E-state index contributed by atoms with van der Waals surface area (Å²) in [7, 11) is 0. The molecule has 0 spiro atoms. The number of aromatic nitrogens is 2. The highest BCUT2D eigenvalue weighted by molar-refractivity contribution is 7.18. The number of rotatable bonds is 3. The third kappa shape index (κ3) is 2.97. The summed E-state index contributed by atoms with van der Waals surface area (Å²) < 4.78 is 5.44. The number of hydrogen-bond donors (Lipinski definition) is 1. The lowest BCUT2D eigenvalue weighted by atomic mass is 10.1. The van der Waals surface area contributed by atoms with Gasteiger partial charge in [0, 0.05) is 4.88 Å². The SMILES string of the molecule is Cc1ccc(C(=O)O[C@H](C)c2nc3sc(C)c(C)c3c(=O)[nH]2)cc1. The zero-order chi connectivity index (χ0) is 17.4. The van der Waals surface area contributed by atoms with Crippen molar-refractivity contribution in [2.45, 2.75) is 33.8 Å². The number of ether oxygens (including phenoxy) is 1. The second kappa shape index (κ2) is 6.20. The molecule has 24 heavy (non-hydrogen) atoms. The highest BCUT2D eigenvalue weighted by Gasteiger charge is 2.18. The third-order valence-electron chi connectivity index (χ3n) is 4.01. The number of aromatic amines is 1. The Bertz CT molecular complexity index is 970. The van der Waals surface area contributed by atoms with Crippen molar-refractivity contribution in [2.75, 3.05) is 0 Å². The molecule has 0 fully saturated rings. The van der Waals surface area contributed by atoms with Crippen LogP contribution in [0.4, 0.5) is 0 Å². The molecule has 0 bridgehead atoms. The van der Waals surface area contributed by atoms with Crippen LogP contribution in [0.5, 0.6) is 0 Å². The first-order valence-electron chi connectivity index (χ1n) is 7.64. The number of benzene rings is 1. The van der Waals surface area contributed by atoms with Crippen LogP contribution in [-0.4, -0.2) is 15.9 Å². The van der Waals surface area contributed by atoms with E-state index in [1.165, 1.54) is 11.3 Å². The van der Waals surface area contributed by atoms with E-state index in [1.807, 2.05) is 32.9 Å². The molecule has 0 amide bonds. The average Bonchev–Trinajstić information content (AvgIpc) is 2.82. The van der Waals surface area contributed by atoms with E-state index in [0.717, 1.165) is 16.0 Å². The van der Waals surface area contributed by atoms with Crippen molar-refractivity contribution in [2.24, 2.45) is 0 Å². The van der Waals surface area contributed by atoms with E-state index in [2.05, 4.69) is 9.97 Å². The minimum Gasteiger partial charge on any atom is -0.451 e. The number of esters is 1. The number of hydrogen-bond acceptors (Lipinski definition) is 5. The predicted octanol–water partition coefficient (Wildman–Crippen LogP) is 3.83. The summed E-state index contributed by atoms with van der Waals surface area (Å²) in [5.41, 5.74) is 2.29. The number of nitrogens with zero attached hydrogens (tertiary/aromatic N) is 1. The van der Waals surface area contributed by atoms with Crippen LogP contribution in [0.2, 0.25) is 0 Å². The molecule has 1 atom stereocenters. The topological polar surface area (TPSA) is 72.0 Å². The van der Waals surface area contributed by atoms with Gasteiger partial charge < -0.3 is 9.72 Å². The van der Waals surface area contributed by atoms with Crippen LogP contribution in [0.25, 0.3) is 10.2 Å². The number of thiophene rings is 1. The Kier molecular flexibility index (Phi) is 4.24. The first kappa shape index (κ1) is 16.4. The average molecular weight is 342 g/mol. The molecule has 1 aromatic carbocycles. The Morgan fingerprint density at radius 2 is 1.88 bits per heavy atom. The minimum atomic E-state index is -0.640. The lowest BCUT2D eigenvalue weighted by molar-refractivity contribution is 0.0320. The van der Waals surface area contributed by atoms with E-state index < -0.39 is 12.1 Å². The number of nitrogens with one attached hydrogen (secondary N) is 1. The van der Waals surface area contributed by atoms with Gasteiger partial charge in [0.1, 0.15) is 4.83 Å². The molecule has 2 aromatic heterocycles. The molecule has 0 unspecified atom stereocenters. The van der Waals surface area contributed by atoms with Gasteiger partial charge in [0.25, 0.3) is 5.56 Å². The number of H-pyrrole nitrogens is 1. The van der Waals surface area contributed by atoms with E-state index in [-0.39, 0.29) is 5.56 Å². The smallest absolute Gasteiger partial charge is 0.338 e. The van der Waals surface area contributed by atoms with Gasteiger partial charge in [-0.05, 0) is 45.4 Å². The molecule has 3 aromatic rings. The third-order valence-corrected chi connectivity index (χ3v) is 5.11. The van der Waals surface area contributed by atoms with Crippen molar-refractivity contribution >= 4 is 27.5 Å². The normalized spacial score (nSPS) is 12.3. The molecular weight excluding hydrogens is 324 g/mol. The maximum Gasteiger partial charge on any atom is 0.338 e. The highest BCUT2D eigenvalue weighted by atomic mass is 32.1. The van der Waals surface area contributed by atoms with Crippen LogP contribution >= 0.6 is 11.3 Å². The number of fused-ring (bicyclic) bond motifs is 1. The molecule has 124 valence electrons. The first-order chi connectivity index (χ1) is 11.4. The van der Waals surface area contributed by atoms with Crippen molar-refractivity contribution in [3.8, 4) is 0 Å². The monoisotopic (exact) mass is 342 g/mol. The van der Waals surface area contributed by atoms with Gasteiger partial charge in [0.15, 0.2) is 11.9 Å². The van der Waals surface area contributed by atoms with Crippen molar-refractivity contribution < 1.29 is 9.53 Å². The molecule has 2 heterocycles. The van der Waals surface area contributed by atoms with Gasteiger partial charge in [0.05, 0.1) is 10.9 Å². The lowest BCUT2D eigenvalue weighted by Gasteiger charge is -2.12. The zero-order valence-corrected chi connectivity index (χ0v) is 14.8. The Morgan fingerprint density at radius 1 is 1.21 bits per heavy atom. The van der Waals surface area contributed by atoms with Gasteiger partial charge in [-0.1, -0.05) is 17.7 Å². The van der Waals surface area contributed by atoms with E-state index in [1.54, 1.807) is 19.1 Å². The standard InChI is InChI=1S/C18H18N2O3S/c1-9-5-7-13(8-6-9)18(22)23-11(3)15-19-16(21)14-10(2)12(4)24-17(14)20-15/h5-8,11H,1-4H3,(H,19,20,21)/t11-/m1/s1. The molecule has 0 aliphatic carbocycles. The molecule has 0 saturated carbocycles. The fraction of sp³-hybridized carbons (Fsp3) is 0.278. The van der Waals surface area contributed by atoms with Crippen molar-refractivity contribution in [1.82, 2.24) is 9.97 Å². The molecule has 0 radical (unpaired) electrons. The zero-order valence-electron chi connectivity index (χ0n) is 14.0. The van der Waals surface area contributed by atoms with E-state index in [9.17, 15) is 9.59 Å². The number of carbonyl (C=O) groups is 1. The van der Waals surface area contributed by atoms with Crippen LogP contribution < -0.4 is 5.56 Å². The molecule has 0 aliphatic rings. The van der Waals surface area contributed by atoms with Crippen molar-refractivity contribution in [3.05, 3.63) is 62.0 Å². The summed E-state index contributed by atoms with van der Waals surface area (Å²) >= 11 is 1.47. The number of aryl methyl sites for hydroxylation is 3. The highest BCUT2D eigenvalue weighted by Crippen LogP contribution is 2.27. The summed E-state index contributed by atoms with van der Waals surface area (Å²) in [6, 6.07) is 7.14. The molecular formula is C18H18N2O3S. The maximum atomic E-state index is 12.3. The van der Waals surface area contributed by atoms with Crippen molar-refractivity contribution in [1.29, 1.82) is 0 Å². The summed E-state index contributed by atoms with van der Waals surface area (Å²) in [5.74, 6) is -0.0852. The largest absolute Gasteiger partial charge is 0.451 e. The molecule has 5 nitrogen and oxygen atoms in total. The Morgan fingerprint density at radius 3 is 2.54 bits per heavy atom. The maximum absolute atomic E-state index is 12.3. The van der Waals surface area contributed by atoms with E-state index in [0.29, 0.717) is 21.6 Å². The van der Waals surface area contributed by atoms with Crippen LogP contribution in [0, 0.1) is 20.8 Å². The minimum absolute atomic E-state index is 0.199. The Labute approximate surface area is 143 Å². The van der Waals surface area contributed by atoms with Gasteiger partial charge in [-0.15, -0.1) is 11.3 Å². The summed E-state index contributed by atoms with van der Waals surface area (Å²) in [6.45, 7) is 7.52. The van der Waals surface area contributed by atoms with E-state index >= 15 is 0 Å². The Hall–Kier alpha value is -2.47. The predicted molar refractivity (Wildman–Crippen MR) is 94.7 cm³/mol. The Balaban J connectivity index is 1.88. The first-order valence-corrected chi connectivity index (χ1v) is 8.46. The van der Waals surface area contributed by atoms with E-state index in [4.69, 9.17) is 4.74 Å². The summed E-state index contributed by atoms with van der Waals surface area (Å²) in [6.07, 6.45) is -0.640. The molecule has 6 heteroatoms. The summed E-state index contributed by atoms with van der Waals surface area (Å²) in [5, 5.41) is 0.610. The quantitative estimate of drug-likeness (QED) is 0.734. The fourth-order valence-electron chi connectivity index (χ4n) is 2.44. The van der Waals surface area contributed by atoms with Crippen molar-refractivity contribution in [3.63, 3.8) is 0 Å². The molecule has 1 N–H and O–H groups in total. The molecule has 0 aliphatic heterocycles. The van der Waals surface area contributed by atoms with Crippen LogP contribution in [0.1, 0.15) is 45.2 Å². The second-order valence-corrected chi connectivity index (χ2v) is 7.03. The number of carbonyl (C=O) groups excluding carboxylic acids is 1. The van der Waals surface area contributed by atoms with Crippen LogP contribution in [0.15, 0.2) is 29.1 Å². The fourth-order valence-corrected chi connectivity index (χ4v) is 3.47. The van der Waals surface area contributed by atoms with Gasteiger partial charge >= 0.3 is 5.97 Å². The van der Waals surface area contributed by atoms with Gasteiger partial charge in [0.2, 0.25) is 0 Å². The van der Waals surface area contributed by atoms with Gasteiger partial charge in [-0.3, -0.25) is 4.79 Å². The van der Waals surface area contributed by atoms with Crippen LogP contribution in [0.3, 0.4) is 0 Å². The molecule has 0 saturated heterocycles.